The first-order chi connectivity index (χ1) is 16.6. The zero-order valence-electron chi connectivity index (χ0n) is 19.0. The third-order valence-electron chi connectivity index (χ3n) is 5.97. The Morgan fingerprint density at radius 2 is 1.82 bits per heavy atom. The molecule has 1 aromatic heterocycles. The first-order valence-electron chi connectivity index (χ1n) is 11.3. The Bertz CT molecular complexity index is 1200. The SMILES string of the molecule is CCOC(=O)c1c(NC(=O)COCc2ccccc2)sc2c1CCC(C#N)(c1ccccc1)C2. The fraction of sp³-hybridized carbons (Fsp3) is 0.296. The van der Waals surface area contributed by atoms with E-state index in [-0.39, 0.29) is 19.1 Å². The van der Waals surface area contributed by atoms with Crippen LogP contribution in [0.25, 0.3) is 0 Å². The Balaban J connectivity index is 1.55. The van der Waals surface area contributed by atoms with E-state index in [9.17, 15) is 14.9 Å². The maximum Gasteiger partial charge on any atom is 0.341 e. The maximum atomic E-state index is 12.8. The Morgan fingerprint density at radius 3 is 2.50 bits per heavy atom. The molecule has 1 atom stereocenters. The summed E-state index contributed by atoms with van der Waals surface area (Å²) >= 11 is 1.35. The van der Waals surface area contributed by atoms with E-state index in [0.29, 0.717) is 36.4 Å². The molecule has 0 radical (unpaired) electrons. The van der Waals surface area contributed by atoms with E-state index in [4.69, 9.17) is 9.47 Å². The molecule has 6 nitrogen and oxygen atoms in total. The van der Waals surface area contributed by atoms with Crippen LogP contribution in [0.5, 0.6) is 0 Å². The summed E-state index contributed by atoms with van der Waals surface area (Å²) in [5, 5.41) is 13.4. The van der Waals surface area contributed by atoms with Crippen LogP contribution in [0.15, 0.2) is 60.7 Å². The second kappa shape index (κ2) is 10.6. The second-order valence-corrected chi connectivity index (χ2v) is 9.30. The summed E-state index contributed by atoms with van der Waals surface area (Å²) in [6, 6.07) is 21.9. The molecule has 2 aromatic carbocycles. The van der Waals surface area contributed by atoms with Gasteiger partial charge in [-0.3, -0.25) is 4.79 Å². The van der Waals surface area contributed by atoms with Gasteiger partial charge in [-0.05, 0) is 36.5 Å². The van der Waals surface area contributed by atoms with Crippen molar-refractivity contribution >= 4 is 28.2 Å². The predicted octanol–water partition coefficient (Wildman–Crippen LogP) is 5.03. The van der Waals surface area contributed by atoms with Crippen molar-refractivity contribution in [3.05, 3.63) is 87.8 Å². The molecule has 1 aliphatic rings. The number of nitriles is 1. The van der Waals surface area contributed by atoms with E-state index in [2.05, 4.69) is 11.4 Å². The Morgan fingerprint density at radius 1 is 1.12 bits per heavy atom. The van der Waals surface area contributed by atoms with Gasteiger partial charge in [0.15, 0.2) is 0 Å². The highest BCUT2D eigenvalue weighted by atomic mass is 32.1. The van der Waals surface area contributed by atoms with Gasteiger partial charge in [-0.1, -0.05) is 60.7 Å². The molecule has 0 aliphatic heterocycles. The van der Waals surface area contributed by atoms with Gasteiger partial charge in [0.05, 0.1) is 30.3 Å². The van der Waals surface area contributed by atoms with Crippen LogP contribution in [0.3, 0.4) is 0 Å². The van der Waals surface area contributed by atoms with Crippen molar-refractivity contribution < 1.29 is 19.1 Å². The molecule has 3 aromatic rings. The van der Waals surface area contributed by atoms with Gasteiger partial charge in [-0.2, -0.15) is 5.26 Å². The standard InChI is InChI=1S/C27H26N2O4S/c1-2-33-26(31)24-21-13-14-27(18-28,20-11-7-4-8-12-20)15-22(21)34-25(24)29-23(30)17-32-16-19-9-5-3-6-10-19/h3-12H,2,13-17H2,1H3,(H,29,30). The number of esters is 1. The number of carbonyl (C=O) groups excluding carboxylic acids is 2. The van der Waals surface area contributed by atoms with Crippen molar-refractivity contribution in [2.24, 2.45) is 0 Å². The number of carbonyl (C=O) groups is 2. The van der Waals surface area contributed by atoms with E-state index in [1.54, 1.807) is 6.92 Å². The number of amides is 1. The minimum atomic E-state index is -0.662. The molecule has 174 valence electrons. The van der Waals surface area contributed by atoms with Gasteiger partial charge in [0.25, 0.3) is 5.91 Å². The molecule has 7 heteroatoms. The number of nitrogens with one attached hydrogen (secondary N) is 1. The zero-order chi connectivity index (χ0) is 24.0. The number of fused-ring (bicyclic) bond motifs is 1. The molecule has 1 aliphatic carbocycles. The normalized spacial score (nSPS) is 16.8. The van der Waals surface area contributed by atoms with E-state index in [1.165, 1.54) is 11.3 Å². The molecule has 34 heavy (non-hydrogen) atoms. The second-order valence-electron chi connectivity index (χ2n) is 8.19. The minimum absolute atomic E-state index is 0.133. The first-order valence-corrected chi connectivity index (χ1v) is 12.1. The van der Waals surface area contributed by atoms with Gasteiger partial charge in [-0.25, -0.2) is 4.79 Å². The fourth-order valence-electron chi connectivity index (χ4n) is 4.29. The van der Waals surface area contributed by atoms with E-state index in [1.807, 2.05) is 60.7 Å². The van der Waals surface area contributed by atoms with Crippen LogP contribution in [-0.2, 0) is 39.1 Å². The predicted molar refractivity (Wildman–Crippen MR) is 131 cm³/mol. The fourth-order valence-corrected chi connectivity index (χ4v) is 5.66. The zero-order valence-corrected chi connectivity index (χ0v) is 19.8. The Kier molecular flexibility index (Phi) is 7.41. The van der Waals surface area contributed by atoms with Gasteiger partial charge in [0, 0.05) is 11.3 Å². The van der Waals surface area contributed by atoms with E-state index < -0.39 is 11.4 Å². The third kappa shape index (κ3) is 5.04. The molecule has 0 saturated carbocycles. The number of benzene rings is 2. The van der Waals surface area contributed by atoms with Crippen LogP contribution < -0.4 is 5.32 Å². The lowest BCUT2D eigenvalue weighted by molar-refractivity contribution is -0.120. The average molecular weight is 475 g/mol. The molecular weight excluding hydrogens is 448 g/mol. The molecule has 0 spiro atoms. The largest absolute Gasteiger partial charge is 0.462 e. The molecule has 1 heterocycles. The van der Waals surface area contributed by atoms with E-state index in [0.717, 1.165) is 21.6 Å². The quantitative estimate of drug-likeness (QED) is 0.463. The highest BCUT2D eigenvalue weighted by Crippen LogP contribution is 2.45. The number of rotatable bonds is 8. The van der Waals surface area contributed by atoms with Gasteiger partial charge in [0.2, 0.25) is 0 Å². The van der Waals surface area contributed by atoms with Gasteiger partial charge in [0.1, 0.15) is 11.6 Å². The molecule has 1 unspecified atom stereocenters. The Labute approximate surface area is 203 Å². The number of hydrogen-bond acceptors (Lipinski definition) is 6. The number of hydrogen-bond donors (Lipinski definition) is 1. The molecule has 0 fully saturated rings. The lowest BCUT2D eigenvalue weighted by Crippen LogP contribution is -2.31. The van der Waals surface area contributed by atoms with Crippen LogP contribution in [0.4, 0.5) is 5.00 Å². The first kappa shape index (κ1) is 23.7. The number of nitrogens with zero attached hydrogens (tertiary/aromatic N) is 1. The summed E-state index contributed by atoms with van der Waals surface area (Å²) in [6.07, 6.45) is 1.64. The highest BCUT2D eigenvalue weighted by Gasteiger charge is 2.40. The topological polar surface area (TPSA) is 88.4 Å². The van der Waals surface area contributed by atoms with Crippen molar-refractivity contribution in [2.75, 3.05) is 18.5 Å². The lowest BCUT2D eigenvalue weighted by atomic mass is 9.70. The van der Waals surface area contributed by atoms with Crippen molar-refractivity contribution in [1.82, 2.24) is 0 Å². The number of anilines is 1. The molecular formula is C27H26N2O4S. The smallest absolute Gasteiger partial charge is 0.341 e. The summed E-state index contributed by atoms with van der Waals surface area (Å²) in [5.74, 6) is -0.792. The van der Waals surface area contributed by atoms with Crippen molar-refractivity contribution in [2.45, 2.75) is 38.2 Å². The molecule has 1 N–H and O–H groups in total. The number of thiophene rings is 1. The van der Waals surface area contributed by atoms with Crippen molar-refractivity contribution in [1.29, 1.82) is 5.26 Å². The maximum absolute atomic E-state index is 12.8. The molecule has 0 saturated heterocycles. The van der Waals surface area contributed by atoms with Crippen molar-refractivity contribution in [3.8, 4) is 6.07 Å². The number of ether oxygens (including phenoxy) is 2. The highest BCUT2D eigenvalue weighted by molar-refractivity contribution is 7.17. The monoisotopic (exact) mass is 474 g/mol. The lowest BCUT2D eigenvalue weighted by Gasteiger charge is -2.31. The summed E-state index contributed by atoms with van der Waals surface area (Å²) in [4.78, 5) is 26.4. The van der Waals surface area contributed by atoms with Crippen LogP contribution in [0, 0.1) is 11.3 Å². The molecule has 4 rings (SSSR count). The van der Waals surface area contributed by atoms with Gasteiger partial charge in [-0.15, -0.1) is 11.3 Å². The van der Waals surface area contributed by atoms with Crippen LogP contribution in [0.2, 0.25) is 0 Å². The van der Waals surface area contributed by atoms with Gasteiger partial charge < -0.3 is 14.8 Å². The minimum Gasteiger partial charge on any atom is -0.462 e. The summed E-state index contributed by atoms with van der Waals surface area (Å²) < 4.78 is 10.8. The van der Waals surface area contributed by atoms with Crippen LogP contribution in [-0.4, -0.2) is 25.1 Å². The Hall–Kier alpha value is -3.47. The van der Waals surface area contributed by atoms with Gasteiger partial charge >= 0.3 is 5.97 Å². The van der Waals surface area contributed by atoms with Crippen molar-refractivity contribution in [3.63, 3.8) is 0 Å². The van der Waals surface area contributed by atoms with Crippen LogP contribution in [0.1, 0.15) is 45.3 Å². The third-order valence-corrected chi connectivity index (χ3v) is 7.12. The summed E-state index contributed by atoms with van der Waals surface area (Å²) in [6.45, 7) is 2.18. The van der Waals surface area contributed by atoms with E-state index >= 15 is 0 Å². The molecule has 0 bridgehead atoms. The average Bonchev–Trinajstić information content (AvgIpc) is 3.21. The summed E-state index contributed by atoms with van der Waals surface area (Å²) in [7, 11) is 0. The molecule has 1 amide bonds. The summed E-state index contributed by atoms with van der Waals surface area (Å²) in [5.41, 5.74) is 2.55. The van der Waals surface area contributed by atoms with Crippen LogP contribution >= 0.6 is 11.3 Å².